The van der Waals surface area contributed by atoms with E-state index >= 15 is 0 Å². The minimum atomic E-state index is -0.745. The monoisotopic (exact) mass is 395 g/mol. The Morgan fingerprint density at radius 2 is 1.79 bits per heavy atom. The predicted molar refractivity (Wildman–Crippen MR) is 106 cm³/mol. The van der Waals surface area contributed by atoms with Gasteiger partial charge >= 0.3 is 11.9 Å². The summed E-state index contributed by atoms with van der Waals surface area (Å²) >= 11 is 0. The van der Waals surface area contributed by atoms with Crippen LogP contribution in [0.5, 0.6) is 17.2 Å². The molecule has 2 rings (SSSR count). The number of benzene rings is 2. The van der Waals surface area contributed by atoms with Crippen molar-refractivity contribution >= 4 is 18.0 Å². The van der Waals surface area contributed by atoms with Crippen LogP contribution in [0.3, 0.4) is 0 Å². The highest BCUT2D eigenvalue weighted by molar-refractivity contribution is 5.97. The summed E-state index contributed by atoms with van der Waals surface area (Å²) in [7, 11) is 2.61. The smallest absolute Gasteiger partial charge is 0.349 e. The molecular weight excluding hydrogens is 374 g/mol. The number of nitriles is 1. The van der Waals surface area contributed by atoms with Crippen molar-refractivity contribution in [3.05, 3.63) is 58.7 Å². The molecule has 0 amide bonds. The Labute approximate surface area is 169 Å². The summed E-state index contributed by atoms with van der Waals surface area (Å²) in [5.74, 6) is -0.275. The van der Waals surface area contributed by atoms with Gasteiger partial charge in [0.2, 0.25) is 0 Å². The number of hydrogen-bond donors (Lipinski definition) is 0. The molecule has 7 heteroatoms. The molecule has 29 heavy (non-hydrogen) atoms. The van der Waals surface area contributed by atoms with E-state index in [4.69, 9.17) is 19.5 Å². The van der Waals surface area contributed by atoms with Gasteiger partial charge in [-0.15, -0.1) is 0 Å². The standard InChI is InChI=1S/C22H21NO6/c1-14-5-6-15(2)19(9-14)28-13-21(24)29-18-8-7-16(11-20(18)26-3)10-17(12-23)22(25)27-4/h5-11H,13H2,1-4H3/b17-10+. The molecule has 0 aliphatic heterocycles. The Morgan fingerprint density at radius 1 is 1.03 bits per heavy atom. The molecule has 0 spiro atoms. The van der Waals surface area contributed by atoms with Crippen molar-refractivity contribution in [2.24, 2.45) is 0 Å². The van der Waals surface area contributed by atoms with Gasteiger partial charge in [0.25, 0.3) is 0 Å². The van der Waals surface area contributed by atoms with Crippen molar-refractivity contribution in [3.8, 4) is 23.3 Å². The van der Waals surface area contributed by atoms with E-state index in [-0.39, 0.29) is 23.7 Å². The molecule has 0 radical (unpaired) electrons. The summed E-state index contributed by atoms with van der Waals surface area (Å²) < 4.78 is 20.6. The van der Waals surface area contributed by atoms with Crippen molar-refractivity contribution in [2.45, 2.75) is 13.8 Å². The molecule has 0 aliphatic rings. The Morgan fingerprint density at radius 3 is 2.45 bits per heavy atom. The Kier molecular flexibility index (Phi) is 7.38. The number of carbonyl (C=O) groups is 2. The number of ether oxygens (including phenoxy) is 4. The third-order valence-corrected chi connectivity index (χ3v) is 3.94. The minimum absolute atomic E-state index is 0.166. The van der Waals surface area contributed by atoms with Crippen LogP contribution in [0.15, 0.2) is 42.0 Å². The molecule has 0 saturated heterocycles. The van der Waals surface area contributed by atoms with Crippen molar-refractivity contribution in [1.82, 2.24) is 0 Å². The first-order chi connectivity index (χ1) is 13.9. The molecule has 0 heterocycles. The lowest BCUT2D eigenvalue weighted by Gasteiger charge is -2.12. The number of carbonyl (C=O) groups excluding carboxylic acids is 2. The maximum atomic E-state index is 12.2. The van der Waals surface area contributed by atoms with Crippen LogP contribution in [0.4, 0.5) is 0 Å². The molecule has 0 unspecified atom stereocenters. The first-order valence-electron chi connectivity index (χ1n) is 8.66. The van der Waals surface area contributed by atoms with E-state index < -0.39 is 11.9 Å². The Bertz CT molecular complexity index is 987. The fourth-order valence-electron chi connectivity index (χ4n) is 2.42. The van der Waals surface area contributed by atoms with E-state index in [9.17, 15) is 9.59 Å². The zero-order valence-electron chi connectivity index (χ0n) is 16.6. The Balaban J connectivity index is 2.11. The van der Waals surface area contributed by atoms with E-state index in [0.29, 0.717) is 11.3 Å². The first kappa shape index (κ1) is 21.5. The second-order valence-electron chi connectivity index (χ2n) is 6.10. The summed E-state index contributed by atoms with van der Waals surface area (Å²) in [6, 6.07) is 12.1. The lowest BCUT2D eigenvalue weighted by atomic mass is 10.1. The topological polar surface area (TPSA) is 94.9 Å². The van der Waals surface area contributed by atoms with Gasteiger partial charge in [0.1, 0.15) is 17.4 Å². The van der Waals surface area contributed by atoms with Crippen LogP contribution in [-0.2, 0) is 14.3 Å². The molecule has 0 aromatic heterocycles. The molecular formula is C22H21NO6. The van der Waals surface area contributed by atoms with Crippen molar-refractivity contribution in [1.29, 1.82) is 5.26 Å². The van der Waals surface area contributed by atoms with Crippen molar-refractivity contribution < 1.29 is 28.5 Å². The molecule has 0 atom stereocenters. The SMILES string of the molecule is COC(=O)/C(C#N)=C/c1ccc(OC(=O)COc2cc(C)ccc2C)c(OC)c1. The van der Waals surface area contributed by atoms with Crippen LogP contribution in [0.1, 0.15) is 16.7 Å². The molecule has 0 aliphatic carbocycles. The fraction of sp³-hybridized carbons (Fsp3) is 0.227. The third kappa shape index (κ3) is 5.84. The van der Waals surface area contributed by atoms with Crippen molar-refractivity contribution in [3.63, 3.8) is 0 Å². The van der Waals surface area contributed by atoms with Gasteiger partial charge in [-0.1, -0.05) is 18.2 Å². The van der Waals surface area contributed by atoms with E-state index in [1.807, 2.05) is 32.0 Å². The van der Waals surface area contributed by atoms with Crippen LogP contribution in [0.25, 0.3) is 6.08 Å². The average molecular weight is 395 g/mol. The van der Waals surface area contributed by atoms with Crippen LogP contribution < -0.4 is 14.2 Å². The maximum absolute atomic E-state index is 12.2. The largest absolute Gasteiger partial charge is 0.493 e. The van der Waals surface area contributed by atoms with Gasteiger partial charge in [-0.05, 0) is 54.8 Å². The average Bonchev–Trinajstić information content (AvgIpc) is 2.72. The van der Waals surface area contributed by atoms with E-state index in [0.717, 1.165) is 11.1 Å². The van der Waals surface area contributed by atoms with Crippen molar-refractivity contribution in [2.75, 3.05) is 20.8 Å². The number of methoxy groups -OCH3 is 2. The van der Waals surface area contributed by atoms with Crippen LogP contribution >= 0.6 is 0 Å². The highest BCUT2D eigenvalue weighted by atomic mass is 16.6. The number of esters is 2. The number of nitrogens with zero attached hydrogens (tertiary/aromatic N) is 1. The fourth-order valence-corrected chi connectivity index (χ4v) is 2.42. The summed E-state index contributed by atoms with van der Waals surface area (Å²) in [5, 5.41) is 9.04. The first-order valence-corrected chi connectivity index (χ1v) is 8.66. The molecule has 150 valence electrons. The van der Waals surface area contributed by atoms with Gasteiger partial charge in [-0.25, -0.2) is 9.59 Å². The molecule has 2 aromatic rings. The summed E-state index contributed by atoms with van der Waals surface area (Å²) in [4.78, 5) is 23.7. The second kappa shape index (κ2) is 9.95. The minimum Gasteiger partial charge on any atom is -0.493 e. The molecule has 0 bridgehead atoms. The van der Waals surface area contributed by atoms with Gasteiger partial charge in [0.05, 0.1) is 14.2 Å². The van der Waals surface area contributed by atoms with Crippen LogP contribution in [-0.4, -0.2) is 32.8 Å². The lowest BCUT2D eigenvalue weighted by molar-refractivity contribution is -0.137. The van der Waals surface area contributed by atoms with Gasteiger partial charge in [-0.3, -0.25) is 0 Å². The van der Waals surface area contributed by atoms with Gasteiger partial charge in [0, 0.05) is 0 Å². The van der Waals surface area contributed by atoms with Gasteiger partial charge in [-0.2, -0.15) is 5.26 Å². The lowest BCUT2D eigenvalue weighted by Crippen LogP contribution is -2.18. The predicted octanol–water partition coefficient (Wildman–Crippen LogP) is 3.38. The zero-order chi connectivity index (χ0) is 21.4. The third-order valence-electron chi connectivity index (χ3n) is 3.94. The molecule has 0 N–H and O–H groups in total. The number of rotatable bonds is 7. The van der Waals surface area contributed by atoms with Gasteiger partial charge < -0.3 is 18.9 Å². The Hall–Kier alpha value is -3.79. The number of aryl methyl sites for hydroxylation is 2. The molecule has 7 nitrogen and oxygen atoms in total. The van der Waals surface area contributed by atoms with Crippen LogP contribution in [0.2, 0.25) is 0 Å². The molecule has 0 saturated carbocycles. The summed E-state index contributed by atoms with van der Waals surface area (Å²) in [6.45, 7) is 3.55. The van der Waals surface area contributed by atoms with E-state index in [2.05, 4.69) is 4.74 Å². The normalized spacial score (nSPS) is 10.7. The molecule has 2 aromatic carbocycles. The van der Waals surface area contributed by atoms with Crippen LogP contribution in [0, 0.1) is 25.2 Å². The van der Waals surface area contributed by atoms with E-state index in [1.165, 1.54) is 32.4 Å². The highest BCUT2D eigenvalue weighted by Crippen LogP contribution is 2.29. The summed E-state index contributed by atoms with van der Waals surface area (Å²) in [6.07, 6.45) is 1.35. The molecule has 0 fully saturated rings. The highest BCUT2D eigenvalue weighted by Gasteiger charge is 2.14. The number of hydrogen-bond acceptors (Lipinski definition) is 7. The quantitative estimate of drug-likeness (QED) is 0.307. The maximum Gasteiger partial charge on any atom is 0.349 e. The van der Waals surface area contributed by atoms with Gasteiger partial charge in [0.15, 0.2) is 18.1 Å². The zero-order valence-corrected chi connectivity index (χ0v) is 16.6. The van der Waals surface area contributed by atoms with E-state index in [1.54, 1.807) is 12.1 Å². The summed E-state index contributed by atoms with van der Waals surface area (Å²) in [5.41, 5.74) is 2.28. The second-order valence-corrected chi connectivity index (χ2v) is 6.10.